The number of nitrogens with zero attached hydrogens (tertiary/aromatic N) is 1. The van der Waals surface area contributed by atoms with Crippen molar-refractivity contribution >= 4 is 11.9 Å². The highest BCUT2D eigenvalue weighted by molar-refractivity contribution is 5.80. The molecule has 2 fully saturated rings. The number of aliphatic carboxylic acids is 1. The van der Waals surface area contributed by atoms with Crippen molar-refractivity contribution in [2.75, 3.05) is 19.6 Å². The molecule has 0 aromatic rings. The van der Waals surface area contributed by atoms with Crippen molar-refractivity contribution in [1.29, 1.82) is 0 Å². The van der Waals surface area contributed by atoms with E-state index in [0.29, 0.717) is 38.3 Å². The Morgan fingerprint density at radius 1 is 1.19 bits per heavy atom. The highest BCUT2D eigenvalue weighted by atomic mass is 16.4. The molecule has 1 saturated carbocycles. The fourth-order valence-electron chi connectivity index (χ4n) is 3.78. The number of carboxylic acids is 1. The lowest BCUT2D eigenvalue weighted by atomic mass is 9.75. The molecule has 120 valence electrons. The molecular formula is C16H28N2O3. The van der Waals surface area contributed by atoms with Crippen LogP contribution in [0.15, 0.2) is 0 Å². The van der Waals surface area contributed by atoms with Crippen LogP contribution in [0.1, 0.15) is 51.9 Å². The van der Waals surface area contributed by atoms with Crippen LogP contribution in [0, 0.1) is 17.3 Å². The molecule has 21 heavy (non-hydrogen) atoms. The molecule has 0 unspecified atom stereocenters. The van der Waals surface area contributed by atoms with E-state index in [-0.39, 0.29) is 11.8 Å². The van der Waals surface area contributed by atoms with Crippen molar-refractivity contribution < 1.29 is 14.7 Å². The van der Waals surface area contributed by atoms with Gasteiger partial charge in [-0.25, -0.2) is 0 Å². The summed E-state index contributed by atoms with van der Waals surface area (Å²) in [5.74, 6) is 0.239. The van der Waals surface area contributed by atoms with E-state index >= 15 is 0 Å². The minimum absolute atomic E-state index is 0.131. The zero-order valence-corrected chi connectivity index (χ0v) is 13.0. The first-order chi connectivity index (χ1) is 10.0. The zero-order chi connectivity index (χ0) is 15.5. The number of hydrogen-bond acceptors (Lipinski definition) is 3. The number of carbonyl (C=O) groups is 2. The molecule has 1 amide bonds. The van der Waals surface area contributed by atoms with Gasteiger partial charge >= 0.3 is 5.97 Å². The molecule has 1 saturated heterocycles. The van der Waals surface area contributed by atoms with Gasteiger partial charge in [0.25, 0.3) is 0 Å². The third-order valence-electron chi connectivity index (χ3n) is 5.69. The van der Waals surface area contributed by atoms with Crippen molar-refractivity contribution in [2.45, 2.75) is 51.9 Å². The van der Waals surface area contributed by atoms with E-state index < -0.39 is 11.4 Å². The summed E-state index contributed by atoms with van der Waals surface area (Å²) >= 11 is 0. The van der Waals surface area contributed by atoms with Crippen molar-refractivity contribution in [1.82, 2.24) is 4.90 Å². The predicted molar refractivity (Wildman–Crippen MR) is 80.7 cm³/mol. The molecule has 2 aliphatic rings. The molecule has 0 aromatic heterocycles. The fourth-order valence-corrected chi connectivity index (χ4v) is 3.78. The smallest absolute Gasteiger partial charge is 0.309 e. The Labute approximate surface area is 126 Å². The molecule has 1 aliphatic carbocycles. The van der Waals surface area contributed by atoms with Crippen molar-refractivity contribution in [2.24, 2.45) is 23.0 Å². The Hall–Kier alpha value is -1.10. The van der Waals surface area contributed by atoms with E-state index in [1.807, 2.05) is 11.8 Å². The van der Waals surface area contributed by atoms with Gasteiger partial charge in [-0.3, -0.25) is 9.59 Å². The zero-order valence-electron chi connectivity index (χ0n) is 13.0. The summed E-state index contributed by atoms with van der Waals surface area (Å²) in [6, 6.07) is 0. The average Bonchev–Trinajstić information content (AvgIpc) is 2.54. The summed E-state index contributed by atoms with van der Waals surface area (Å²) in [5.41, 5.74) is 5.07. The van der Waals surface area contributed by atoms with E-state index in [1.54, 1.807) is 0 Å². The normalized spacial score (nSPS) is 29.1. The number of amides is 1. The second-order valence-electron chi connectivity index (χ2n) is 6.72. The van der Waals surface area contributed by atoms with E-state index in [2.05, 4.69) is 0 Å². The summed E-state index contributed by atoms with van der Waals surface area (Å²) in [7, 11) is 0. The quantitative estimate of drug-likeness (QED) is 0.829. The first-order valence-electron chi connectivity index (χ1n) is 8.24. The Bertz CT molecular complexity index is 381. The lowest BCUT2D eigenvalue weighted by molar-refractivity contribution is -0.155. The largest absolute Gasteiger partial charge is 0.481 e. The van der Waals surface area contributed by atoms with Gasteiger partial charge in [-0.2, -0.15) is 0 Å². The van der Waals surface area contributed by atoms with Crippen LogP contribution in [-0.4, -0.2) is 41.5 Å². The summed E-state index contributed by atoms with van der Waals surface area (Å²) in [5, 5.41) is 9.40. The second kappa shape index (κ2) is 6.77. The summed E-state index contributed by atoms with van der Waals surface area (Å²) in [6.07, 6.45) is 5.80. The molecule has 1 aliphatic heterocycles. The van der Waals surface area contributed by atoms with Crippen molar-refractivity contribution in [3.05, 3.63) is 0 Å². The van der Waals surface area contributed by atoms with Crippen LogP contribution in [0.4, 0.5) is 0 Å². The molecule has 5 nitrogen and oxygen atoms in total. The molecule has 0 spiro atoms. The maximum Gasteiger partial charge on any atom is 0.309 e. The number of rotatable bonds is 4. The maximum atomic E-state index is 12.6. The van der Waals surface area contributed by atoms with Crippen LogP contribution < -0.4 is 5.73 Å². The maximum absolute atomic E-state index is 12.6. The van der Waals surface area contributed by atoms with E-state index in [1.165, 1.54) is 0 Å². The number of hydrogen-bond donors (Lipinski definition) is 2. The monoisotopic (exact) mass is 296 g/mol. The molecule has 2 rings (SSSR count). The van der Waals surface area contributed by atoms with Crippen molar-refractivity contribution in [3.8, 4) is 0 Å². The number of nitrogens with two attached hydrogens (primary N) is 1. The van der Waals surface area contributed by atoms with Gasteiger partial charge in [-0.1, -0.05) is 6.92 Å². The highest BCUT2D eigenvalue weighted by Gasteiger charge is 2.41. The fraction of sp³-hybridized carbons (Fsp3) is 0.875. The van der Waals surface area contributed by atoms with Crippen LogP contribution in [-0.2, 0) is 9.59 Å². The molecular weight excluding hydrogens is 268 g/mol. The second-order valence-corrected chi connectivity index (χ2v) is 6.72. The Morgan fingerprint density at radius 2 is 1.76 bits per heavy atom. The average molecular weight is 296 g/mol. The minimum atomic E-state index is -0.708. The highest BCUT2D eigenvalue weighted by Crippen LogP contribution is 2.37. The van der Waals surface area contributed by atoms with E-state index in [9.17, 15) is 14.7 Å². The summed E-state index contributed by atoms with van der Waals surface area (Å²) in [6.45, 7) is 3.84. The Balaban J connectivity index is 1.87. The Morgan fingerprint density at radius 3 is 2.19 bits per heavy atom. The molecule has 1 heterocycles. The number of carbonyl (C=O) groups excluding carboxylic acids is 1. The van der Waals surface area contributed by atoms with Gasteiger partial charge in [0, 0.05) is 19.0 Å². The third kappa shape index (κ3) is 3.39. The first kappa shape index (κ1) is 16.3. The van der Waals surface area contributed by atoms with Crippen LogP contribution in [0.3, 0.4) is 0 Å². The third-order valence-corrected chi connectivity index (χ3v) is 5.69. The Kier molecular flexibility index (Phi) is 5.25. The van der Waals surface area contributed by atoms with Gasteiger partial charge in [0.15, 0.2) is 0 Å². The molecule has 0 atom stereocenters. The summed E-state index contributed by atoms with van der Waals surface area (Å²) < 4.78 is 0. The molecule has 0 radical (unpaired) electrons. The molecule has 0 aromatic carbocycles. The van der Waals surface area contributed by atoms with Crippen LogP contribution in [0.2, 0.25) is 0 Å². The van der Waals surface area contributed by atoms with Crippen LogP contribution in [0.25, 0.3) is 0 Å². The first-order valence-corrected chi connectivity index (χ1v) is 8.24. The van der Waals surface area contributed by atoms with Gasteiger partial charge in [-0.15, -0.1) is 0 Å². The van der Waals surface area contributed by atoms with Gasteiger partial charge in [0.1, 0.15) is 0 Å². The molecule has 3 N–H and O–H groups in total. The van der Waals surface area contributed by atoms with Crippen LogP contribution >= 0.6 is 0 Å². The molecule has 0 bridgehead atoms. The SMILES string of the molecule is CCC1(C(=O)O)CCN(C(=O)C2CCC(CN)CC2)CC1. The lowest BCUT2D eigenvalue weighted by Crippen LogP contribution is -2.48. The predicted octanol–water partition coefficient (Wildman–Crippen LogP) is 1.85. The van der Waals surface area contributed by atoms with Crippen LogP contribution in [0.5, 0.6) is 0 Å². The van der Waals surface area contributed by atoms with Gasteiger partial charge in [-0.05, 0) is 57.4 Å². The topological polar surface area (TPSA) is 83.6 Å². The standard InChI is InChI=1S/C16H28N2O3/c1-2-16(15(20)21)7-9-18(10-8-16)14(19)13-5-3-12(11-17)4-6-13/h12-13H,2-11,17H2,1H3,(H,20,21). The number of piperidine rings is 1. The van der Waals surface area contributed by atoms with Crippen molar-refractivity contribution in [3.63, 3.8) is 0 Å². The van der Waals surface area contributed by atoms with Gasteiger partial charge in [0.05, 0.1) is 5.41 Å². The number of likely N-dealkylation sites (tertiary alicyclic amines) is 1. The molecule has 5 heteroatoms. The van der Waals surface area contributed by atoms with E-state index in [0.717, 1.165) is 32.2 Å². The number of carboxylic acid groups (broad SMARTS) is 1. The van der Waals surface area contributed by atoms with E-state index in [4.69, 9.17) is 5.73 Å². The summed E-state index contributed by atoms with van der Waals surface area (Å²) in [4.78, 5) is 25.9. The van der Waals surface area contributed by atoms with Gasteiger partial charge in [0.2, 0.25) is 5.91 Å². The lowest BCUT2D eigenvalue weighted by Gasteiger charge is -2.40. The van der Waals surface area contributed by atoms with Gasteiger partial charge < -0.3 is 15.7 Å². The minimum Gasteiger partial charge on any atom is -0.481 e.